The van der Waals surface area contributed by atoms with E-state index in [0.29, 0.717) is 18.4 Å². The summed E-state index contributed by atoms with van der Waals surface area (Å²) in [5.41, 5.74) is 0.560. The van der Waals surface area contributed by atoms with E-state index >= 15 is 0 Å². The van der Waals surface area contributed by atoms with Gasteiger partial charge in [0.2, 0.25) is 5.91 Å². The van der Waals surface area contributed by atoms with Gasteiger partial charge in [0.05, 0.1) is 12.6 Å². The zero-order valence-electron chi connectivity index (χ0n) is 19.1. The predicted octanol–water partition coefficient (Wildman–Crippen LogP) is 1.87. The number of carbonyl (C=O) groups is 3. The van der Waals surface area contributed by atoms with Gasteiger partial charge < -0.3 is 15.1 Å². The number of pyridine rings is 1. The van der Waals surface area contributed by atoms with E-state index in [-0.39, 0.29) is 30.3 Å². The number of hydrogen-bond acceptors (Lipinski definition) is 7. The number of amides is 2. The second-order valence-electron chi connectivity index (χ2n) is 8.26. The van der Waals surface area contributed by atoms with E-state index < -0.39 is 39.7 Å². The molecule has 0 radical (unpaired) electrons. The van der Waals surface area contributed by atoms with Crippen molar-refractivity contribution in [3.05, 3.63) is 60.5 Å². The molecule has 0 aliphatic carbocycles. The highest BCUT2D eigenvalue weighted by molar-refractivity contribution is 7.89. The molecule has 2 aromatic heterocycles. The Kier molecular flexibility index (Phi) is 7.27. The van der Waals surface area contributed by atoms with Crippen LogP contribution in [0.15, 0.2) is 64.2 Å². The number of ketones is 1. The Morgan fingerprint density at radius 3 is 2.69 bits per heavy atom. The van der Waals surface area contributed by atoms with Crippen molar-refractivity contribution in [1.29, 1.82) is 0 Å². The highest BCUT2D eigenvalue weighted by atomic mass is 32.2. The second-order valence-corrected chi connectivity index (χ2v) is 10.1. The lowest BCUT2D eigenvalue weighted by atomic mass is 10.1. The molecule has 2 amide bonds. The molecule has 11 heteroatoms. The summed E-state index contributed by atoms with van der Waals surface area (Å²) in [6, 6.07) is 11.6. The number of fused-ring (bicyclic) bond motifs is 1. The normalized spacial score (nSPS) is 18.1. The fourth-order valence-electron chi connectivity index (χ4n) is 3.93. The number of nitrogens with zero attached hydrogens (tertiary/aromatic N) is 2. The maximum Gasteiger partial charge on any atom is 0.287 e. The van der Waals surface area contributed by atoms with Crippen LogP contribution in [0.2, 0.25) is 0 Å². The van der Waals surface area contributed by atoms with E-state index in [1.54, 1.807) is 37.3 Å². The fourth-order valence-corrected chi connectivity index (χ4v) is 5.31. The molecule has 0 spiro atoms. The number of rotatable bonds is 7. The highest BCUT2D eigenvalue weighted by Crippen LogP contribution is 2.20. The van der Waals surface area contributed by atoms with Gasteiger partial charge in [-0.2, -0.15) is 4.31 Å². The van der Waals surface area contributed by atoms with Gasteiger partial charge in [0.1, 0.15) is 11.6 Å². The highest BCUT2D eigenvalue weighted by Gasteiger charge is 2.34. The number of aromatic nitrogens is 1. The lowest BCUT2D eigenvalue weighted by Gasteiger charge is -2.21. The maximum atomic E-state index is 12.9. The molecule has 1 saturated heterocycles. The molecule has 184 valence electrons. The van der Waals surface area contributed by atoms with Crippen LogP contribution in [-0.4, -0.2) is 60.5 Å². The number of carbonyl (C=O) groups excluding carboxylic acids is 3. The van der Waals surface area contributed by atoms with Gasteiger partial charge >= 0.3 is 0 Å². The molecule has 3 heterocycles. The van der Waals surface area contributed by atoms with Crippen LogP contribution in [0.3, 0.4) is 0 Å². The smallest absolute Gasteiger partial charge is 0.287 e. The lowest BCUT2D eigenvalue weighted by molar-refractivity contribution is -0.128. The number of furan rings is 1. The van der Waals surface area contributed by atoms with Crippen LogP contribution in [-0.2, 0) is 19.6 Å². The van der Waals surface area contributed by atoms with Gasteiger partial charge in [-0.1, -0.05) is 31.2 Å². The van der Waals surface area contributed by atoms with Crippen LogP contribution in [0.4, 0.5) is 0 Å². The quantitative estimate of drug-likeness (QED) is 0.507. The SMILES string of the molecule is CCC(NC(=O)c1cc2ccccc2o1)C(=O)N[C@H]1CCCN(S(=O)(=O)c2ccccn2)CC1=O. The van der Waals surface area contributed by atoms with E-state index in [4.69, 9.17) is 4.42 Å². The molecule has 0 bridgehead atoms. The third-order valence-corrected chi connectivity index (χ3v) is 7.62. The summed E-state index contributed by atoms with van der Waals surface area (Å²) in [7, 11) is -3.93. The molecule has 10 nitrogen and oxygen atoms in total. The van der Waals surface area contributed by atoms with Crippen LogP contribution >= 0.6 is 0 Å². The largest absolute Gasteiger partial charge is 0.451 e. The summed E-state index contributed by atoms with van der Waals surface area (Å²) in [5, 5.41) is 5.97. The Morgan fingerprint density at radius 1 is 1.20 bits per heavy atom. The molecular formula is C24H26N4O6S. The first-order valence-corrected chi connectivity index (χ1v) is 12.8. The van der Waals surface area contributed by atoms with Crippen LogP contribution in [0, 0.1) is 0 Å². The molecule has 2 N–H and O–H groups in total. The van der Waals surface area contributed by atoms with Gasteiger partial charge in [-0.25, -0.2) is 13.4 Å². The lowest BCUT2D eigenvalue weighted by Crippen LogP contribution is -2.52. The number of nitrogens with one attached hydrogen (secondary N) is 2. The molecule has 35 heavy (non-hydrogen) atoms. The zero-order valence-corrected chi connectivity index (χ0v) is 20.0. The van der Waals surface area contributed by atoms with E-state index in [0.717, 1.165) is 9.69 Å². The number of benzene rings is 1. The minimum absolute atomic E-state index is 0.0818. The van der Waals surface area contributed by atoms with Crippen molar-refractivity contribution < 1.29 is 27.2 Å². The van der Waals surface area contributed by atoms with Crippen molar-refractivity contribution in [2.75, 3.05) is 13.1 Å². The summed E-state index contributed by atoms with van der Waals surface area (Å²) >= 11 is 0. The van der Waals surface area contributed by atoms with Crippen LogP contribution in [0.1, 0.15) is 36.7 Å². The molecule has 0 saturated carbocycles. The van der Waals surface area contributed by atoms with Gasteiger partial charge in [-0.05, 0) is 43.5 Å². The Balaban J connectivity index is 1.40. The van der Waals surface area contributed by atoms with Crippen molar-refractivity contribution >= 4 is 38.6 Å². The molecular weight excluding hydrogens is 472 g/mol. The van der Waals surface area contributed by atoms with E-state index in [2.05, 4.69) is 15.6 Å². The topological polar surface area (TPSA) is 139 Å². The molecule has 1 aromatic carbocycles. The number of Topliss-reactive ketones (excluding diaryl/α,β-unsaturated/α-hetero) is 1. The standard InChI is InChI=1S/C24H26N4O6S/c1-2-17(26-24(31)21-14-16-8-3-4-10-20(16)34-21)23(30)27-18-9-7-13-28(15-19(18)29)35(32,33)22-11-5-6-12-25-22/h3-6,8,10-12,14,17-18H,2,7,9,13,15H2,1H3,(H,26,31)(H,27,30)/t17?,18-/m0/s1. The predicted molar refractivity (Wildman–Crippen MR) is 127 cm³/mol. The molecule has 1 unspecified atom stereocenters. The van der Waals surface area contributed by atoms with Gasteiger partial charge in [-0.3, -0.25) is 14.4 Å². The fraction of sp³-hybridized carbons (Fsp3) is 0.333. The Bertz CT molecular complexity index is 1310. The van der Waals surface area contributed by atoms with Crippen molar-refractivity contribution in [3.8, 4) is 0 Å². The first-order chi connectivity index (χ1) is 16.8. The second kappa shape index (κ2) is 10.4. The first-order valence-electron chi connectivity index (χ1n) is 11.3. The van der Waals surface area contributed by atoms with Gasteiger partial charge in [0.15, 0.2) is 16.6 Å². The van der Waals surface area contributed by atoms with Crippen molar-refractivity contribution in [3.63, 3.8) is 0 Å². The monoisotopic (exact) mass is 498 g/mol. The number of hydrogen-bond donors (Lipinski definition) is 2. The first kappa shape index (κ1) is 24.6. The summed E-state index contributed by atoms with van der Waals surface area (Å²) in [4.78, 5) is 42.3. The third-order valence-electron chi connectivity index (χ3n) is 5.86. The van der Waals surface area contributed by atoms with E-state index in [1.807, 2.05) is 12.1 Å². The van der Waals surface area contributed by atoms with Crippen LogP contribution in [0.5, 0.6) is 0 Å². The minimum Gasteiger partial charge on any atom is -0.451 e. The summed E-state index contributed by atoms with van der Waals surface area (Å²) < 4.78 is 32.4. The Hall–Kier alpha value is -3.57. The summed E-state index contributed by atoms with van der Waals surface area (Å²) in [6.45, 7) is 1.50. The Labute approximate surface area is 202 Å². The van der Waals surface area contributed by atoms with Crippen LogP contribution in [0.25, 0.3) is 11.0 Å². The summed E-state index contributed by atoms with van der Waals surface area (Å²) in [5.74, 6) is -1.40. The van der Waals surface area contributed by atoms with E-state index in [1.165, 1.54) is 12.3 Å². The molecule has 1 fully saturated rings. The average molecular weight is 499 g/mol. The van der Waals surface area contributed by atoms with Crippen molar-refractivity contribution in [1.82, 2.24) is 19.9 Å². The molecule has 4 rings (SSSR count). The Morgan fingerprint density at radius 2 is 1.97 bits per heavy atom. The molecule has 3 aromatic rings. The van der Waals surface area contributed by atoms with Gasteiger partial charge in [0.25, 0.3) is 15.9 Å². The molecule has 1 aliphatic rings. The molecule has 2 atom stereocenters. The van der Waals surface area contributed by atoms with Crippen molar-refractivity contribution in [2.45, 2.75) is 43.3 Å². The van der Waals surface area contributed by atoms with Crippen LogP contribution < -0.4 is 10.6 Å². The van der Waals surface area contributed by atoms with E-state index in [9.17, 15) is 22.8 Å². The third kappa shape index (κ3) is 5.41. The number of sulfonamides is 1. The average Bonchev–Trinajstić information content (AvgIpc) is 3.21. The zero-order chi connectivity index (χ0) is 25.0. The molecule has 1 aliphatic heterocycles. The van der Waals surface area contributed by atoms with Gasteiger partial charge in [-0.15, -0.1) is 0 Å². The summed E-state index contributed by atoms with van der Waals surface area (Å²) in [6.07, 6.45) is 2.33. The number of para-hydroxylation sites is 1. The maximum absolute atomic E-state index is 12.9. The minimum atomic E-state index is -3.93. The van der Waals surface area contributed by atoms with Crippen molar-refractivity contribution in [2.24, 2.45) is 0 Å². The van der Waals surface area contributed by atoms with Gasteiger partial charge in [0, 0.05) is 18.1 Å².